The van der Waals surface area contributed by atoms with Gasteiger partial charge in [-0.1, -0.05) is 29.8 Å². The van der Waals surface area contributed by atoms with Crippen LogP contribution < -0.4 is 5.56 Å². The lowest BCUT2D eigenvalue weighted by Crippen LogP contribution is -2.22. The van der Waals surface area contributed by atoms with Gasteiger partial charge in [0.05, 0.1) is 5.69 Å². The van der Waals surface area contributed by atoms with E-state index in [0.717, 1.165) is 22.5 Å². The van der Waals surface area contributed by atoms with Gasteiger partial charge in [0.25, 0.3) is 5.56 Å². The summed E-state index contributed by atoms with van der Waals surface area (Å²) in [5, 5.41) is 14.1. The van der Waals surface area contributed by atoms with Crippen LogP contribution in [0.3, 0.4) is 0 Å². The molecule has 2 heterocycles. The number of benzene rings is 1. The summed E-state index contributed by atoms with van der Waals surface area (Å²) >= 11 is 6.29. The monoisotopic (exact) mass is 317 g/mol. The fourth-order valence-electron chi connectivity index (χ4n) is 2.72. The molecule has 114 valence electrons. The van der Waals surface area contributed by atoms with Gasteiger partial charge in [-0.3, -0.25) is 4.79 Å². The van der Waals surface area contributed by atoms with E-state index in [1.165, 1.54) is 4.52 Å². The molecule has 0 saturated heterocycles. The predicted octanol–water partition coefficient (Wildman–Crippen LogP) is 2.49. The highest BCUT2D eigenvalue weighted by Crippen LogP contribution is 2.32. The van der Waals surface area contributed by atoms with Crippen LogP contribution >= 0.6 is 11.6 Å². The first-order valence-electron chi connectivity index (χ1n) is 7.01. The fraction of sp³-hybridized carbons (Fsp3) is 0.250. The van der Waals surface area contributed by atoms with E-state index in [4.69, 9.17) is 16.7 Å². The van der Waals surface area contributed by atoms with Crippen LogP contribution in [0, 0.1) is 13.8 Å². The lowest BCUT2D eigenvalue weighted by Gasteiger charge is -2.07. The summed E-state index contributed by atoms with van der Waals surface area (Å²) in [5.41, 5.74) is 4.07. The van der Waals surface area contributed by atoms with Crippen LogP contribution in [0.2, 0.25) is 5.02 Å². The largest absolute Gasteiger partial charge is 0.396 e. The Bertz CT molecular complexity index is 912. The SMILES string of the molecule is Cc1nn2c(=O)c(CCO)c(C)[nH]c2c1-c1ccccc1Cl. The third-order valence-corrected chi connectivity index (χ3v) is 4.10. The number of rotatable bonds is 3. The smallest absolute Gasteiger partial charge is 0.277 e. The Morgan fingerprint density at radius 1 is 1.32 bits per heavy atom. The van der Waals surface area contributed by atoms with E-state index in [-0.39, 0.29) is 12.2 Å². The van der Waals surface area contributed by atoms with Crippen molar-refractivity contribution in [2.45, 2.75) is 20.3 Å². The van der Waals surface area contributed by atoms with E-state index >= 15 is 0 Å². The highest BCUT2D eigenvalue weighted by Gasteiger charge is 2.18. The number of nitrogens with one attached hydrogen (secondary N) is 1. The maximum atomic E-state index is 12.6. The van der Waals surface area contributed by atoms with Gasteiger partial charge in [-0.2, -0.15) is 9.61 Å². The average molecular weight is 318 g/mol. The summed E-state index contributed by atoms with van der Waals surface area (Å²) in [5.74, 6) is 0. The normalized spacial score (nSPS) is 11.3. The highest BCUT2D eigenvalue weighted by atomic mass is 35.5. The summed E-state index contributed by atoms with van der Waals surface area (Å²) in [4.78, 5) is 15.8. The Kier molecular flexibility index (Phi) is 3.76. The molecule has 0 atom stereocenters. The quantitative estimate of drug-likeness (QED) is 0.779. The molecular formula is C16H16ClN3O2. The van der Waals surface area contributed by atoms with E-state index in [0.29, 0.717) is 22.7 Å². The molecule has 0 saturated carbocycles. The molecular weight excluding hydrogens is 302 g/mol. The number of halogens is 1. The van der Waals surface area contributed by atoms with Gasteiger partial charge in [0, 0.05) is 40.4 Å². The second-order valence-corrected chi connectivity index (χ2v) is 5.62. The summed E-state index contributed by atoms with van der Waals surface area (Å²) < 4.78 is 1.35. The molecule has 0 aliphatic carbocycles. The second-order valence-electron chi connectivity index (χ2n) is 5.21. The number of aryl methyl sites for hydroxylation is 2. The van der Waals surface area contributed by atoms with E-state index in [1.807, 2.05) is 38.1 Å². The van der Waals surface area contributed by atoms with Crippen molar-refractivity contribution in [1.29, 1.82) is 0 Å². The molecule has 0 spiro atoms. The number of hydrogen-bond donors (Lipinski definition) is 2. The van der Waals surface area contributed by atoms with E-state index < -0.39 is 0 Å². The van der Waals surface area contributed by atoms with Crippen molar-refractivity contribution < 1.29 is 5.11 Å². The van der Waals surface area contributed by atoms with Crippen LogP contribution in [0.25, 0.3) is 16.8 Å². The zero-order valence-electron chi connectivity index (χ0n) is 12.4. The maximum absolute atomic E-state index is 12.6. The third-order valence-electron chi connectivity index (χ3n) is 3.77. The number of H-pyrrole nitrogens is 1. The van der Waals surface area contributed by atoms with Crippen LogP contribution in [-0.4, -0.2) is 26.3 Å². The summed E-state index contributed by atoms with van der Waals surface area (Å²) in [7, 11) is 0. The molecule has 2 N–H and O–H groups in total. The first-order chi connectivity index (χ1) is 10.5. The zero-order chi connectivity index (χ0) is 15.9. The van der Waals surface area contributed by atoms with E-state index in [2.05, 4.69) is 10.1 Å². The molecule has 0 aliphatic heterocycles. The summed E-state index contributed by atoms with van der Waals surface area (Å²) in [6.07, 6.45) is 0.303. The lowest BCUT2D eigenvalue weighted by molar-refractivity contribution is 0.298. The topological polar surface area (TPSA) is 70.4 Å². The van der Waals surface area contributed by atoms with Crippen molar-refractivity contribution in [3.63, 3.8) is 0 Å². The molecule has 2 aromatic heterocycles. The number of aromatic amines is 1. The minimum atomic E-state index is -0.207. The van der Waals surface area contributed by atoms with Crippen molar-refractivity contribution in [3.05, 3.63) is 56.6 Å². The molecule has 0 unspecified atom stereocenters. The predicted molar refractivity (Wildman–Crippen MR) is 86.5 cm³/mol. The first kappa shape index (κ1) is 14.8. The number of nitrogens with zero attached hydrogens (tertiary/aromatic N) is 2. The van der Waals surface area contributed by atoms with Gasteiger partial charge in [-0.05, 0) is 19.9 Å². The number of aliphatic hydroxyl groups excluding tert-OH is 1. The van der Waals surface area contributed by atoms with Gasteiger partial charge in [0.1, 0.15) is 5.65 Å². The van der Waals surface area contributed by atoms with Gasteiger partial charge in [-0.25, -0.2) is 0 Å². The number of hydrogen-bond acceptors (Lipinski definition) is 3. The minimum Gasteiger partial charge on any atom is -0.396 e. The van der Waals surface area contributed by atoms with Crippen LogP contribution in [0.4, 0.5) is 0 Å². The standard InChI is InChI=1S/C16H16ClN3O2/c1-9-11(7-8-21)16(22)20-15(18-9)14(10(2)19-20)12-5-3-4-6-13(12)17/h3-6,18,21H,7-8H2,1-2H3. The average Bonchev–Trinajstić information content (AvgIpc) is 2.81. The molecule has 0 fully saturated rings. The van der Waals surface area contributed by atoms with Crippen LogP contribution in [-0.2, 0) is 6.42 Å². The van der Waals surface area contributed by atoms with Crippen molar-refractivity contribution in [1.82, 2.24) is 14.6 Å². The molecule has 0 amide bonds. The van der Waals surface area contributed by atoms with Gasteiger partial charge < -0.3 is 10.1 Å². The van der Waals surface area contributed by atoms with E-state index in [9.17, 15) is 4.79 Å². The Labute approximate surface area is 132 Å². The molecule has 0 radical (unpaired) electrons. The van der Waals surface area contributed by atoms with Crippen LogP contribution in [0.15, 0.2) is 29.1 Å². The lowest BCUT2D eigenvalue weighted by atomic mass is 10.1. The van der Waals surface area contributed by atoms with Crippen LogP contribution in [0.1, 0.15) is 17.0 Å². The van der Waals surface area contributed by atoms with Gasteiger partial charge in [0.2, 0.25) is 0 Å². The molecule has 0 bridgehead atoms. The molecule has 3 rings (SSSR count). The van der Waals surface area contributed by atoms with Crippen molar-refractivity contribution in [2.24, 2.45) is 0 Å². The molecule has 1 aromatic carbocycles. The minimum absolute atomic E-state index is 0.0763. The Morgan fingerprint density at radius 3 is 2.73 bits per heavy atom. The molecule has 3 aromatic rings. The van der Waals surface area contributed by atoms with Gasteiger partial charge in [0.15, 0.2) is 0 Å². The summed E-state index contributed by atoms with van der Waals surface area (Å²) in [6, 6.07) is 7.47. The van der Waals surface area contributed by atoms with Gasteiger partial charge in [-0.15, -0.1) is 0 Å². The Hall–Kier alpha value is -2.11. The molecule has 0 aliphatic rings. The number of aliphatic hydroxyl groups is 1. The molecule has 22 heavy (non-hydrogen) atoms. The number of fused-ring (bicyclic) bond motifs is 1. The molecule has 6 heteroatoms. The third kappa shape index (κ3) is 2.23. The van der Waals surface area contributed by atoms with E-state index in [1.54, 1.807) is 0 Å². The number of aromatic nitrogens is 3. The Balaban J connectivity index is 2.37. The highest BCUT2D eigenvalue weighted by molar-refractivity contribution is 6.33. The first-order valence-corrected chi connectivity index (χ1v) is 7.39. The van der Waals surface area contributed by atoms with Gasteiger partial charge >= 0.3 is 0 Å². The van der Waals surface area contributed by atoms with Crippen LogP contribution in [0.5, 0.6) is 0 Å². The Morgan fingerprint density at radius 2 is 2.05 bits per heavy atom. The zero-order valence-corrected chi connectivity index (χ0v) is 13.1. The second kappa shape index (κ2) is 5.59. The van der Waals surface area contributed by atoms with Crippen molar-refractivity contribution in [2.75, 3.05) is 6.61 Å². The fourth-order valence-corrected chi connectivity index (χ4v) is 2.95. The van der Waals surface area contributed by atoms with Crippen molar-refractivity contribution >= 4 is 17.2 Å². The molecule has 5 nitrogen and oxygen atoms in total. The van der Waals surface area contributed by atoms with Crippen molar-refractivity contribution in [3.8, 4) is 11.1 Å². The summed E-state index contributed by atoms with van der Waals surface area (Å²) in [6.45, 7) is 3.60. The maximum Gasteiger partial charge on any atom is 0.277 e.